The van der Waals surface area contributed by atoms with Crippen molar-refractivity contribution in [3.63, 3.8) is 0 Å². The number of aryl methyl sites for hydroxylation is 1. The van der Waals surface area contributed by atoms with Gasteiger partial charge in [0.05, 0.1) is 5.69 Å². The van der Waals surface area contributed by atoms with E-state index in [1.165, 1.54) is 0 Å². The van der Waals surface area contributed by atoms with Crippen molar-refractivity contribution in [2.24, 2.45) is 12.8 Å². The number of aromatic nitrogens is 3. The molecule has 1 rings (SSSR count). The fraction of sp³-hybridized carbons (Fsp3) is 0.571. The van der Waals surface area contributed by atoms with Crippen LogP contribution in [0.25, 0.3) is 0 Å². The van der Waals surface area contributed by atoms with Gasteiger partial charge in [-0.2, -0.15) is 0 Å². The zero-order valence-electron chi connectivity index (χ0n) is 7.40. The lowest BCUT2D eigenvalue weighted by atomic mass is 10.1. The third kappa shape index (κ3) is 1.45. The molecule has 0 aliphatic rings. The lowest BCUT2D eigenvalue weighted by molar-refractivity contribution is 0.648. The smallest absolute Gasteiger partial charge is 0.143 e. The van der Waals surface area contributed by atoms with Crippen LogP contribution in [0, 0.1) is 0 Å². The van der Waals surface area contributed by atoms with Gasteiger partial charge in [0.1, 0.15) is 10.7 Å². The molecule has 0 saturated heterocycles. The van der Waals surface area contributed by atoms with Crippen molar-refractivity contribution >= 4 is 17.2 Å². The fourth-order valence-corrected chi connectivity index (χ4v) is 1.33. The Hall–Kier alpha value is -0.970. The van der Waals surface area contributed by atoms with E-state index in [1.807, 2.05) is 7.05 Å². The Morgan fingerprint density at radius 1 is 1.58 bits per heavy atom. The van der Waals surface area contributed by atoms with E-state index in [1.54, 1.807) is 4.68 Å². The van der Waals surface area contributed by atoms with E-state index < -0.39 is 0 Å². The summed E-state index contributed by atoms with van der Waals surface area (Å²) < 4.78 is 1.71. The molecule has 0 saturated carbocycles. The first-order valence-electron chi connectivity index (χ1n) is 3.73. The van der Waals surface area contributed by atoms with Crippen molar-refractivity contribution in [2.75, 3.05) is 0 Å². The molecule has 2 N–H and O–H groups in total. The van der Waals surface area contributed by atoms with Crippen LogP contribution in [0.3, 0.4) is 0 Å². The van der Waals surface area contributed by atoms with E-state index in [4.69, 9.17) is 18.0 Å². The molecule has 0 spiro atoms. The summed E-state index contributed by atoms with van der Waals surface area (Å²) in [5.74, 6) is 0.335. The van der Waals surface area contributed by atoms with Gasteiger partial charge >= 0.3 is 0 Å². The van der Waals surface area contributed by atoms with Crippen LogP contribution in [0.2, 0.25) is 0 Å². The average Bonchev–Trinajstić information content (AvgIpc) is 2.30. The van der Waals surface area contributed by atoms with Crippen LogP contribution in [0.5, 0.6) is 0 Å². The van der Waals surface area contributed by atoms with Gasteiger partial charge in [-0.05, 0) is 5.92 Å². The Bertz CT molecular complexity index is 302. The summed E-state index contributed by atoms with van der Waals surface area (Å²) in [6.45, 7) is 4.11. The molecule has 1 aromatic rings. The Balaban J connectivity index is 3.21. The van der Waals surface area contributed by atoms with Gasteiger partial charge in [0, 0.05) is 7.05 Å². The van der Waals surface area contributed by atoms with Gasteiger partial charge in [-0.3, -0.25) is 4.68 Å². The van der Waals surface area contributed by atoms with Gasteiger partial charge in [0.25, 0.3) is 0 Å². The fourth-order valence-electron chi connectivity index (χ4n) is 1.19. The first kappa shape index (κ1) is 9.12. The summed E-state index contributed by atoms with van der Waals surface area (Å²) >= 11 is 4.84. The second-order valence-corrected chi connectivity index (χ2v) is 3.41. The zero-order chi connectivity index (χ0) is 9.30. The number of thiocarbonyl (C=S) groups is 1. The summed E-state index contributed by atoms with van der Waals surface area (Å²) in [7, 11) is 1.84. The molecule has 0 radical (unpaired) electrons. The molecule has 12 heavy (non-hydrogen) atoms. The lowest BCUT2D eigenvalue weighted by Gasteiger charge is -2.05. The molecule has 1 aromatic heterocycles. The van der Waals surface area contributed by atoms with Crippen LogP contribution in [-0.2, 0) is 7.05 Å². The second kappa shape index (κ2) is 3.18. The number of rotatable bonds is 2. The van der Waals surface area contributed by atoms with E-state index in [9.17, 15) is 0 Å². The highest BCUT2D eigenvalue weighted by Gasteiger charge is 2.15. The molecular weight excluding hydrogens is 172 g/mol. The molecule has 0 aliphatic heterocycles. The van der Waals surface area contributed by atoms with Crippen molar-refractivity contribution < 1.29 is 0 Å². The first-order chi connectivity index (χ1) is 5.54. The highest BCUT2D eigenvalue weighted by molar-refractivity contribution is 7.80. The summed E-state index contributed by atoms with van der Waals surface area (Å²) in [6, 6.07) is 0. The largest absolute Gasteiger partial charge is 0.388 e. The monoisotopic (exact) mass is 184 g/mol. The molecule has 0 atom stereocenters. The molecule has 0 fully saturated rings. The number of nitrogens with two attached hydrogens (primary N) is 1. The van der Waals surface area contributed by atoms with E-state index in [0.29, 0.717) is 16.6 Å². The SMILES string of the molecule is CC(C)c1c(C(N)=S)nnn1C. The lowest BCUT2D eigenvalue weighted by Crippen LogP contribution is -2.14. The maximum absolute atomic E-state index is 5.48. The molecular formula is C7H12N4S. The summed E-state index contributed by atoms with van der Waals surface area (Å²) in [6.07, 6.45) is 0. The molecule has 5 heteroatoms. The van der Waals surface area contributed by atoms with Crippen LogP contribution in [0.4, 0.5) is 0 Å². The molecule has 1 heterocycles. The van der Waals surface area contributed by atoms with E-state index in [0.717, 1.165) is 5.69 Å². The zero-order valence-corrected chi connectivity index (χ0v) is 8.22. The minimum atomic E-state index is 0.312. The Labute approximate surface area is 76.8 Å². The van der Waals surface area contributed by atoms with Crippen molar-refractivity contribution in [3.8, 4) is 0 Å². The Kier molecular flexibility index (Phi) is 2.42. The first-order valence-corrected chi connectivity index (χ1v) is 4.14. The van der Waals surface area contributed by atoms with Crippen molar-refractivity contribution in [1.82, 2.24) is 15.0 Å². The van der Waals surface area contributed by atoms with E-state index in [2.05, 4.69) is 24.2 Å². The minimum absolute atomic E-state index is 0.312. The third-order valence-corrected chi connectivity index (χ3v) is 1.84. The number of hydrogen-bond acceptors (Lipinski definition) is 3. The quantitative estimate of drug-likeness (QED) is 0.683. The maximum Gasteiger partial charge on any atom is 0.143 e. The summed E-state index contributed by atoms with van der Waals surface area (Å²) in [5.41, 5.74) is 7.11. The normalized spacial score (nSPS) is 10.7. The highest BCUT2D eigenvalue weighted by atomic mass is 32.1. The van der Waals surface area contributed by atoms with E-state index in [-0.39, 0.29) is 0 Å². The van der Waals surface area contributed by atoms with Crippen molar-refractivity contribution in [2.45, 2.75) is 19.8 Å². The van der Waals surface area contributed by atoms with Crippen molar-refractivity contribution in [1.29, 1.82) is 0 Å². The second-order valence-electron chi connectivity index (χ2n) is 2.97. The number of nitrogens with zero attached hydrogens (tertiary/aromatic N) is 3. The van der Waals surface area contributed by atoms with Gasteiger partial charge < -0.3 is 5.73 Å². The summed E-state index contributed by atoms with van der Waals surface area (Å²) in [5, 5.41) is 7.74. The molecule has 66 valence electrons. The third-order valence-electron chi connectivity index (χ3n) is 1.65. The van der Waals surface area contributed by atoms with Gasteiger partial charge in [0.2, 0.25) is 0 Å². The predicted molar refractivity (Wildman–Crippen MR) is 51.0 cm³/mol. The molecule has 0 amide bonds. The molecule has 4 nitrogen and oxygen atoms in total. The standard InChI is InChI=1S/C7H12N4S/c1-4(2)6-5(7(8)12)9-10-11(6)3/h4H,1-3H3,(H2,8,12). The summed E-state index contributed by atoms with van der Waals surface area (Å²) in [4.78, 5) is 0.312. The van der Waals surface area contributed by atoms with Gasteiger partial charge in [-0.25, -0.2) is 0 Å². The predicted octanol–water partition coefficient (Wildman–Crippen LogP) is 0.573. The number of hydrogen-bond donors (Lipinski definition) is 1. The van der Waals surface area contributed by atoms with Gasteiger partial charge in [-0.15, -0.1) is 5.10 Å². The Morgan fingerprint density at radius 3 is 2.50 bits per heavy atom. The highest BCUT2D eigenvalue weighted by Crippen LogP contribution is 2.15. The molecule has 0 aromatic carbocycles. The average molecular weight is 184 g/mol. The molecule has 0 bridgehead atoms. The van der Waals surface area contributed by atoms with Crippen LogP contribution in [0.1, 0.15) is 31.2 Å². The van der Waals surface area contributed by atoms with Crippen LogP contribution >= 0.6 is 12.2 Å². The van der Waals surface area contributed by atoms with Crippen LogP contribution in [-0.4, -0.2) is 20.0 Å². The minimum Gasteiger partial charge on any atom is -0.388 e. The van der Waals surface area contributed by atoms with Gasteiger partial charge in [0.15, 0.2) is 0 Å². The maximum atomic E-state index is 5.48. The van der Waals surface area contributed by atoms with Crippen molar-refractivity contribution in [3.05, 3.63) is 11.4 Å². The molecule has 0 aliphatic carbocycles. The van der Waals surface area contributed by atoms with Gasteiger partial charge in [-0.1, -0.05) is 31.3 Å². The Morgan fingerprint density at radius 2 is 2.17 bits per heavy atom. The van der Waals surface area contributed by atoms with E-state index >= 15 is 0 Å². The van der Waals surface area contributed by atoms with Crippen LogP contribution in [0.15, 0.2) is 0 Å². The molecule has 0 unspecified atom stereocenters. The van der Waals surface area contributed by atoms with Crippen LogP contribution < -0.4 is 5.73 Å². The topological polar surface area (TPSA) is 56.7 Å².